The molecule has 27 heavy (non-hydrogen) atoms. The molecule has 1 heterocycles. The Morgan fingerprint density at radius 3 is 2.52 bits per heavy atom. The lowest BCUT2D eigenvalue weighted by atomic mass is 10.2. The number of allylic oxidation sites excluding steroid dienone is 2. The summed E-state index contributed by atoms with van der Waals surface area (Å²) in [4.78, 5) is 26.3. The minimum atomic E-state index is -0.295. The highest BCUT2D eigenvalue weighted by Gasteiger charge is 2.34. The van der Waals surface area contributed by atoms with Crippen LogP contribution in [-0.2, 0) is 4.79 Å². The normalized spacial score (nSPS) is 16.3. The first-order valence-electron chi connectivity index (χ1n) is 8.40. The molecule has 0 bridgehead atoms. The Balaban J connectivity index is 1.60. The predicted molar refractivity (Wildman–Crippen MR) is 113 cm³/mol. The number of hydrogen-bond acceptors (Lipinski definition) is 4. The van der Waals surface area contributed by atoms with Crippen molar-refractivity contribution in [2.45, 2.75) is 6.92 Å². The number of thioether (sulfide) groups is 1. The fraction of sp³-hybridized carbons (Fsp3) is 0.143. The van der Waals surface area contributed by atoms with E-state index in [-0.39, 0.29) is 24.3 Å². The van der Waals surface area contributed by atoms with E-state index in [9.17, 15) is 9.59 Å². The van der Waals surface area contributed by atoms with Crippen molar-refractivity contribution in [3.63, 3.8) is 0 Å². The molecule has 1 aliphatic rings. The van der Waals surface area contributed by atoms with E-state index in [0.29, 0.717) is 4.91 Å². The molecule has 138 valence electrons. The molecule has 4 nitrogen and oxygen atoms in total. The highest BCUT2D eigenvalue weighted by molar-refractivity contribution is 9.12. The lowest BCUT2D eigenvalue weighted by Gasteiger charge is -2.13. The summed E-state index contributed by atoms with van der Waals surface area (Å²) >= 11 is 4.39. The number of imide groups is 1. The number of ether oxygens (including phenoxy) is 1. The number of rotatable bonds is 6. The number of amides is 2. The highest BCUT2D eigenvalue weighted by Crippen LogP contribution is 2.32. The maximum atomic E-state index is 12.5. The van der Waals surface area contributed by atoms with Crippen molar-refractivity contribution >= 4 is 44.9 Å². The Labute approximate surface area is 171 Å². The number of benzene rings is 2. The number of hydrogen-bond donors (Lipinski definition) is 0. The van der Waals surface area contributed by atoms with Gasteiger partial charge in [0.25, 0.3) is 11.1 Å². The SMILES string of the molecule is Cc1ccc(OCCN2C(=O)S/C(=C\C(Br)=C\c3ccccc3)C2=O)cc1. The van der Waals surface area contributed by atoms with Gasteiger partial charge in [-0.25, -0.2) is 0 Å². The lowest BCUT2D eigenvalue weighted by Crippen LogP contribution is -2.32. The predicted octanol–water partition coefficient (Wildman–Crippen LogP) is 5.39. The van der Waals surface area contributed by atoms with Crippen molar-refractivity contribution in [3.05, 3.63) is 81.2 Å². The molecule has 0 unspecified atom stereocenters. The van der Waals surface area contributed by atoms with E-state index in [4.69, 9.17) is 4.74 Å². The number of halogens is 1. The molecular weight excluding hydrogens is 426 g/mol. The molecule has 0 aromatic heterocycles. The maximum absolute atomic E-state index is 12.5. The van der Waals surface area contributed by atoms with E-state index in [2.05, 4.69) is 15.9 Å². The number of nitrogens with zero attached hydrogens (tertiary/aromatic N) is 1. The zero-order valence-electron chi connectivity index (χ0n) is 14.7. The molecule has 2 amide bonds. The summed E-state index contributed by atoms with van der Waals surface area (Å²) in [5, 5.41) is -0.279. The summed E-state index contributed by atoms with van der Waals surface area (Å²) in [7, 11) is 0. The minimum absolute atomic E-state index is 0.218. The molecule has 6 heteroatoms. The molecule has 0 saturated carbocycles. The van der Waals surface area contributed by atoms with E-state index in [0.717, 1.165) is 33.1 Å². The van der Waals surface area contributed by atoms with E-state index < -0.39 is 0 Å². The molecule has 2 aromatic carbocycles. The van der Waals surface area contributed by atoms with Gasteiger partial charge in [-0.05, 0) is 48.5 Å². The number of carbonyl (C=O) groups is 2. The summed E-state index contributed by atoms with van der Waals surface area (Å²) in [6, 6.07) is 17.4. The van der Waals surface area contributed by atoms with Gasteiger partial charge in [0.2, 0.25) is 0 Å². The summed E-state index contributed by atoms with van der Waals surface area (Å²) in [5.41, 5.74) is 2.15. The molecule has 0 N–H and O–H groups in total. The second kappa shape index (κ2) is 9.06. The van der Waals surface area contributed by atoms with Crippen molar-refractivity contribution in [2.75, 3.05) is 13.2 Å². The molecule has 0 spiro atoms. The van der Waals surface area contributed by atoms with Crippen LogP contribution in [0.2, 0.25) is 0 Å². The molecule has 0 atom stereocenters. The monoisotopic (exact) mass is 443 g/mol. The third-order valence-electron chi connectivity index (χ3n) is 3.85. The summed E-state index contributed by atoms with van der Waals surface area (Å²) in [6.07, 6.45) is 3.58. The average molecular weight is 444 g/mol. The lowest BCUT2D eigenvalue weighted by molar-refractivity contribution is -0.123. The van der Waals surface area contributed by atoms with Gasteiger partial charge in [0.1, 0.15) is 12.4 Å². The van der Waals surface area contributed by atoms with Gasteiger partial charge in [-0.1, -0.05) is 64.0 Å². The van der Waals surface area contributed by atoms with Crippen LogP contribution < -0.4 is 4.74 Å². The van der Waals surface area contributed by atoms with Crippen molar-refractivity contribution in [1.82, 2.24) is 4.90 Å². The Morgan fingerprint density at radius 1 is 1.11 bits per heavy atom. The summed E-state index contributed by atoms with van der Waals surface area (Å²) < 4.78 is 6.35. The van der Waals surface area contributed by atoms with Crippen LogP contribution in [0.1, 0.15) is 11.1 Å². The molecule has 0 aliphatic carbocycles. The van der Waals surface area contributed by atoms with Crippen LogP contribution in [0.5, 0.6) is 5.75 Å². The van der Waals surface area contributed by atoms with Crippen LogP contribution in [0.3, 0.4) is 0 Å². The molecule has 3 rings (SSSR count). The van der Waals surface area contributed by atoms with Gasteiger partial charge >= 0.3 is 0 Å². The van der Waals surface area contributed by atoms with Crippen LogP contribution in [0, 0.1) is 6.92 Å². The highest BCUT2D eigenvalue weighted by atomic mass is 79.9. The zero-order valence-corrected chi connectivity index (χ0v) is 17.1. The summed E-state index contributed by atoms with van der Waals surface area (Å²) in [5.74, 6) is 0.424. The molecule has 0 radical (unpaired) electrons. The smallest absolute Gasteiger partial charge is 0.293 e. The molecule has 2 aromatic rings. The van der Waals surface area contributed by atoms with Crippen LogP contribution in [-0.4, -0.2) is 29.2 Å². The Bertz CT molecular complexity index is 891. The topological polar surface area (TPSA) is 46.6 Å². The summed E-state index contributed by atoms with van der Waals surface area (Å²) in [6.45, 7) is 2.48. The van der Waals surface area contributed by atoms with Crippen LogP contribution >= 0.6 is 27.7 Å². The van der Waals surface area contributed by atoms with Gasteiger partial charge in [0.05, 0.1) is 11.4 Å². The third kappa shape index (κ3) is 5.34. The van der Waals surface area contributed by atoms with E-state index in [1.54, 1.807) is 6.08 Å². The van der Waals surface area contributed by atoms with Crippen molar-refractivity contribution in [1.29, 1.82) is 0 Å². The van der Waals surface area contributed by atoms with Crippen molar-refractivity contribution < 1.29 is 14.3 Å². The zero-order chi connectivity index (χ0) is 19.2. The molecule has 1 saturated heterocycles. The van der Waals surface area contributed by atoms with Gasteiger partial charge in [-0.3, -0.25) is 14.5 Å². The van der Waals surface area contributed by atoms with Gasteiger partial charge < -0.3 is 4.74 Å². The van der Waals surface area contributed by atoms with Crippen LogP contribution in [0.25, 0.3) is 6.08 Å². The quantitative estimate of drug-likeness (QED) is 0.561. The van der Waals surface area contributed by atoms with Crippen LogP contribution in [0.15, 0.2) is 70.1 Å². The molecular formula is C21H18BrNO3S. The first-order valence-corrected chi connectivity index (χ1v) is 10.0. The minimum Gasteiger partial charge on any atom is -0.492 e. The third-order valence-corrected chi connectivity index (χ3v) is 5.22. The van der Waals surface area contributed by atoms with E-state index in [1.165, 1.54) is 4.90 Å². The fourth-order valence-electron chi connectivity index (χ4n) is 2.46. The first-order chi connectivity index (χ1) is 13.0. The standard InChI is InChI=1S/C21H18BrNO3S/c1-15-7-9-18(10-8-15)26-12-11-23-20(24)19(27-21(23)25)14-17(22)13-16-5-3-2-4-6-16/h2-10,13-14H,11-12H2,1H3/b17-13-,19-14-. The van der Waals surface area contributed by atoms with Crippen molar-refractivity contribution in [3.8, 4) is 5.75 Å². The Kier molecular flexibility index (Phi) is 6.53. The van der Waals surface area contributed by atoms with Crippen LogP contribution in [0.4, 0.5) is 4.79 Å². The Morgan fingerprint density at radius 2 is 1.81 bits per heavy atom. The van der Waals surface area contributed by atoms with Gasteiger partial charge in [-0.15, -0.1) is 0 Å². The largest absolute Gasteiger partial charge is 0.492 e. The van der Waals surface area contributed by atoms with Crippen molar-refractivity contribution in [2.24, 2.45) is 0 Å². The number of carbonyl (C=O) groups excluding carboxylic acids is 2. The second-order valence-electron chi connectivity index (χ2n) is 5.93. The fourth-order valence-corrected chi connectivity index (χ4v) is 3.96. The second-order valence-corrected chi connectivity index (χ2v) is 7.84. The van der Waals surface area contributed by atoms with Gasteiger partial charge in [0.15, 0.2) is 0 Å². The number of aryl methyl sites for hydroxylation is 1. The Hall–Kier alpha value is -2.31. The molecule has 1 aliphatic heterocycles. The maximum Gasteiger partial charge on any atom is 0.293 e. The van der Waals surface area contributed by atoms with E-state index >= 15 is 0 Å². The van der Waals surface area contributed by atoms with Gasteiger partial charge in [-0.2, -0.15) is 0 Å². The van der Waals surface area contributed by atoms with E-state index in [1.807, 2.05) is 67.6 Å². The first kappa shape index (κ1) is 19.5. The molecule has 1 fully saturated rings. The average Bonchev–Trinajstić information content (AvgIpc) is 2.91. The van der Waals surface area contributed by atoms with Gasteiger partial charge in [0, 0.05) is 4.48 Å².